The van der Waals surface area contributed by atoms with Gasteiger partial charge in [0.15, 0.2) is 0 Å². The van der Waals surface area contributed by atoms with Crippen molar-refractivity contribution in [1.82, 2.24) is 0 Å². The first-order valence-electron chi connectivity index (χ1n) is 3.40. The third kappa shape index (κ3) is 1.57. The molecule has 1 aromatic rings. The summed E-state index contributed by atoms with van der Waals surface area (Å²) in [5.41, 5.74) is 1.06. The van der Waals surface area contributed by atoms with Gasteiger partial charge >= 0.3 is 0 Å². The van der Waals surface area contributed by atoms with Crippen molar-refractivity contribution >= 4 is 0 Å². The van der Waals surface area contributed by atoms with E-state index < -0.39 is 6.10 Å². The van der Waals surface area contributed by atoms with E-state index in [1.54, 1.807) is 24.3 Å². The molecule has 1 radical (unpaired) electrons. The van der Waals surface area contributed by atoms with Crippen molar-refractivity contribution in [3.8, 4) is 6.07 Å². The van der Waals surface area contributed by atoms with E-state index in [1.165, 1.54) is 6.92 Å². The number of nitrogens with zero attached hydrogens (tertiary/aromatic N) is 1. The van der Waals surface area contributed by atoms with Gasteiger partial charge in [-0.2, -0.15) is 5.26 Å². The van der Waals surface area contributed by atoms with E-state index in [2.05, 4.69) is 0 Å². The van der Waals surface area contributed by atoms with E-state index in [1.807, 2.05) is 6.07 Å². The molecule has 0 fully saturated rings. The highest BCUT2D eigenvalue weighted by molar-refractivity contribution is 5.38. The maximum Gasteiger partial charge on any atom is 0.116 e. The minimum Gasteiger partial charge on any atom is -0.228 e. The SMILES string of the molecule is CC([O])c1ccccc1C#N. The number of benzene rings is 1. The van der Waals surface area contributed by atoms with Crippen LogP contribution < -0.4 is 0 Å². The van der Waals surface area contributed by atoms with Gasteiger partial charge in [0.1, 0.15) is 6.10 Å². The summed E-state index contributed by atoms with van der Waals surface area (Å²) in [6.07, 6.45) is -0.814. The van der Waals surface area contributed by atoms with E-state index in [0.717, 1.165) is 0 Å². The minimum atomic E-state index is -0.814. The molecule has 0 aromatic heterocycles. The van der Waals surface area contributed by atoms with Gasteiger partial charge in [-0.25, -0.2) is 5.11 Å². The molecule has 1 unspecified atom stereocenters. The smallest absolute Gasteiger partial charge is 0.116 e. The fraction of sp³-hybridized carbons (Fsp3) is 0.222. The maximum absolute atomic E-state index is 11.0. The van der Waals surface area contributed by atoms with Gasteiger partial charge in [0.25, 0.3) is 0 Å². The largest absolute Gasteiger partial charge is 0.228 e. The molecule has 0 aliphatic carbocycles. The van der Waals surface area contributed by atoms with Crippen LogP contribution in [0.25, 0.3) is 0 Å². The van der Waals surface area contributed by atoms with Crippen molar-refractivity contribution in [3.05, 3.63) is 35.4 Å². The lowest BCUT2D eigenvalue weighted by atomic mass is 10.0. The summed E-state index contributed by atoms with van der Waals surface area (Å²) in [4.78, 5) is 0. The van der Waals surface area contributed by atoms with Crippen molar-refractivity contribution in [2.75, 3.05) is 0 Å². The quantitative estimate of drug-likeness (QED) is 0.597. The van der Waals surface area contributed by atoms with Crippen LogP contribution in [0.4, 0.5) is 0 Å². The Kier molecular flexibility index (Phi) is 2.25. The lowest BCUT2D eigenvalue weighted by Crippen LogP contribution is -1.92. The zero-order valence-corrected chi connectivity index (χ0v) is 6.24. The van der Waals surface area contributed by atoms with Crippen LogP contribution >= 0.6 is 0 Å². The summed E-state index contributed by atoms with van der Waals surface area (Å²) >= 11 is 0. The summed E-state index contributed by atoms with van der Waals surface area (Å²) in [6.45, 7) is 1.54. The summed E-state index contributed by atoms with van der Waals surface area (Å²) in [7, 11) is 0. The van der Waals surface area contributed by atoms with Crippen LogP contribution in [0.15, 0.2) is 24.3 Å². The molecule has 0 saturated heterocycles. The van der Waals surface area contributed by atoms with Crippen LogP contribution in [0, 0.1) is 11.3 Å². The number of nitriles is 1. The Morgan fingerprint density at radius 3 is 2.55 bits per heavy atom. The Morgan fingerprint density at radius 2 is 2.09 bits per heavy atom. The molecule has 2 heteroatoms. The molecule has 2 nitrogen and oxygen atoms in total. The predicted octanol–water partition coefficient (Wildman–Crippen LogP) is 2.05. The van der Waals surface area contributed by atoms with Gasteiger partial charge in [-0.1, -0.05) is 18.2 Å². The molecule has 55 valence electrons. The van der Waals surface area contributed by atoms with Gasteiger partial charge in [0.05, 0.1) is 11.6 Å². The zero-order chi connectivity index (χ0) is 8.27. The van der Waals surface area contributed by atoms with E-state index in [-0.39, 0.29) is 0 Å². The lowest BCUT2D eigenvalue weighted by Gasteiger charge is -2.02. The van der Waals surface area contributed by atoms with Gasteiger partial charge in [-0.15, -0.1) is 0 Å². The Bertz CT molecular complexity index is 286. The predicted molar refractivity (Wildman–Crippen MR) is 40.3 cm³/mol. The van der Waals surface area contributed by atoms with E-state index in [0.29, 0.717) is 11.1 Å². The van der Waals surface area contributed by atoms with Crippen LogP contribution in [0.1, 0.15) is 24.2 Å². The molecule has 0 saturated carbocycles. The summed E-state index contributed by atoms with van der Waals surface area (Å²) in [5, 5.41) is 19.5. The van der Waals surface area contributed by atoms with Crippen LogP contribution in [0.2, 0.25) is 0 Å². The second-order valence-corrected chi connectivity index (χ2v) is 2.34. The van der Waals surface area contributed by atoms with Gasteiger partial charge in [0.2, 0.25) is 0 Å². The second-order valence-electron chi connectivity index (χ2n) is 2.34. The standard InChI is InChI=1S/C9H8NO/c1-7(11)9-5-3-2-4-8(9)6-10/h2-5,7H,1H3. The average molecular weight is 146 g/mol. The van der Waals surface area contributed by atoms with Crippen LogP contribution in [0.5, 0.6) is 0 Å². The monoisotopic (exact) mass is 146 g/mol. The van der Waals surface area contributed by atoms with Crippen molar-refractivity contribution in [2.45, 2.75) is 13.0 Å². The van der Waals surface area contributed by atoms with Crippen molar-refractivity contribution in [1.29, 1.82) is 5.26 Å². The van der Waals surface area contributed by atoms with E-state index in [9.17, 15) is 5.11 Å². The minimum absolute atomic E-state index is 0.481. The van der Waals surface area contributed by atoms with Gasteiger partial charge in [0, 0.05) is 5.56 Å². The normalized spacial score (nSPS) is 12.1. The second kappa shape index (κ2) is 3.18. The molecule has 0 amide bonds. The van der Waals surface area contributed by atoms with Crippen molar-refractivity contribution < 1.29 is 5.11 Å². The summed E-state index contributed by atoms with van der Waals surface area (Å²) < 4.78 is 0. The zero-order valence-electron chi connectivity index (χ0n) is 6.24. The third-order valence-electron chi connectivity index (χ3n) is 1.52. The molecule has 0 aliphatic rings. The summed E-state index contributed by atoms with van der Waals surface area (Å²) in [6, 6.07) is 8.85. The molecule has 0 aliphatic heterocycles. The fourth-order valence-electron chi connectivity index (χ4n) is 0.953. The van der Waals surface area contributed by atoms with Gasteiger partial charge in [-0.05, 0) is 13.0 Å². The molecule has 11 heavy (non-hydrogen) atoms. The average Bonchev–Trinajstić information content (AvgIpc) is 2.04. The van der Waals surface area contributed by atoms with Gasteiger partial charge < -0.3 is 0 Å². The molecule has 0 heterocycles. The molecule has 1 atom stereocenters. The molecular formula is C9H8NO. The maximum atomic E-state index is 11.0. The Balaban J connectivity index is 3.15. The molecule has 1 rings (SSSR count). The lowest BCUT2D eigenvalue weighted by molar-refractivity contribution is 0.106. The topological polar surface area (TPSA) is 43.7 Å². The van der Waals surface area contributed by atoms with Crippen LogP contribution in [0.3, 0.4) is 0 Å². The Labute approximate surface area is 65.7 Å². The first-order chi connectivity index (χ1) is 5.25. The van der Waals surface area contributed by atoms with E-state index in [4.69, 9.17) is 5.26 Å². The van der Waals surface area contributed by atoms with Crippen molar-refractivity contribution in [3.63, 3.8) is 0 Å². The highest BCUT2D eigenvalue weighted by Gasteiger charge is 2.06. The Hall–Kier alpha value is -1.33. The van der Waals surface area contributed by atoms with Crippen LogP contribution in [-0.2, 0) is 5.11 Å². The molecule has 1 aromatic carbocycles. The molecule has 0 N–H and O–H groups in total. The molecular weight excluding hydrogens is 138 g/mol. The number of hydrogen-bond acceptors (Lipinski definition) is 1. The van der Waals surface area contributed by atoms with Crippen LogP contribution in [-0.4, -0.2) is 0 Å². The number of hydrogen-bond donors (Lipinski definition) is 0. The first kappa shape index (κ1) is 7.77. The third-order valence-corrected chi connectivity index (χ3v) is 1.52. The fourth-order valence-corrected chi connectivity index (χ4v) is 0.953. The van der Waals surface area contributed by atoms with Gasteiger partial charge in [-0.3, -0.25) is 0 Å². The highest BCUT2D eigenvalue weighted by Crippen LogP contribution is 2.16. The molecule has 0 spiro atoms. The molecule has 0 bridgehead atoms. The number of rotatable bonds is 1. The van der Waals surface area contributed by atoms with E-state index >= 15 is 0 Å². The van der Waals surface area contributed by atoms with Crippen molar-refractivity contribution in [2.24, 2.45) is 0 Å². The Morgan fingerprint density at radius 1 is 1.45 bits per heavy atom. The highest BCUT2D eigenvalue weighted by atomic mass is 16.3. The summed E-state index contributed by atoms with van der Waals surface area (Å²) in [5.74, 6) is 0. The first-order valence-corrected chi connectivity index (χ1v) is 3.40.